The molecule has 0 atom stereocenters. The van der Waals surface area contributed by atoms with Crippen molar-refractivity contribution in [3.05, 3.63) is 0 Å². The average molecular weight is 340 g/mol. The summed E-state index contributed by atoms with van der Waals surface area (Å²) in [6, 6.07) is 0. The lowest BCUT2D eigenvalue weighted by atomic mass is 10.1. The summed E-state index contributed by atoms with van der Waals surface area (Å²) in [7, 11) is 2.31. The zero-order chi connectivity index (χ0) is 17.7. The van der Waals surface area contributed by atoms with E-state index in [0.717, 1.165) is 0 Å². The quantitative estimate of drug-likeness (QED) is 0.203. The van der Waals surface area contributed by atoms with E-state index in [-0.39, 0.29) is 0 Å². The van der Waals surface area contributed by atoms with Gasteiger partial charge in [-0.25, -0.2) is 0 Å². The van der Waals surface area contributed by atoms with Crippen LogP contribution >= 0.6 is 0 Å². The second-order valence-corrected chi connectivity index (χ2v) is 7.96. The lowest BCUT2D eigenvalue weighted by Crippen LogP contribution is -2.20. The number of hydrogen-bond acceptors (Lipinski definition) is 1. The first-order chi connectivity index (χ1) is 11.8. The third-order valence-electron chi connectivity index (χ3n) is 5.29. The van der Waals surface area contributed by atoms with Crippen molar-refractivity contribution in [1.29, 1.82) is 0 Å². The summed E-state index contributed by atoms with van der Waals surface area (Å²) in [4.78, 5) is 2.55. The molecule has 0 aromatic heterocycles. The van der Waals surface area contributed by atoms with Gasteiger partial charge in [-0.3, -0.25) is 0 Å². The molecule has 146 valence electrons. The van der Waals surface area contributed by atoms with E-state index in [4.69, 9.17) is 0 Å². The number of unbranched alkanes of at least 4 members (excludes halogenated alkanes) is 16. The number of hydrogen-bond donors (Lipinski definition) is 0. The zero-order valence-corrected chi connectivity index (χ0v) is 17.6. The highest BCUT2D eigenvalue weighted by molar-refractivity contribution is 4.54. The van der Waals surface area contributed by atoms with Gasteiger partial charge in [-0.2, -0.15) is 0 Å². The topological polar surface area (TPSA) is 3.24 Å². The van der Waals surface area contributed by atoms with Crippen LogP contribution in [0.5, 0.6) is 0 Å². The van der Waals surface area contributed by atoms with Gasteiger partial charge in [0.05, 0.1) is 0 Å². The van der Waals surface area contributed by atoms with Gasteiger partial charge in [0.1, 0.15) is 0 Å². The summed E-state index contributed by atoms with van der Waals surface area (Å²) in [6.45, 7) is 7.21. The average Bonchev–Trinajstić information content (AvgIpc) is 2.59. The Balaban J connectivity index is 3.10. The second kappa shape index (κ2) is 21.0. The molecular weight excluding hydrogens is 290 g/mol. The monoisotopic (exact) mass is 339 g/mol. The molecule has 0 amide bonds. The van der Waals surface area contributed by atoms with Gasteiger partial charge in [0, 0.05) is 0 Å². The minimum absolute atomic E-state index is 1.31. The second-order valence-electron chi connectivity index (χ2n) is 7.96. The van der Waals surface area contributed by atoms with Crippen LogP contribution in [0.4, 0.5) is 0 Å². The molecule has 0 rings (SSSR count). The molecule has 24 heavy (non-hydrogen) atoms. The van der Waals surface area contributed by atoms with E-state index >= 15 is 0 Å². The SMILES string of the molecule is CCCCCCCCCCCCCCN(C)CCCCCCCC. The fourth-order valence-electron chi connectivity index (χ4n) is 3.50. The van der Waals surface area contributed by atoms with Crippen LogP contribution in [0.15, 0.2) is 0 Å². The van der Waals surface area contributed by atoms with Gasteiger partial charge in [-0.1, -0.05) is 117 Å². The van der Waals surface area contributed by atoms with Crippen LogP contribution in [-0.4, -0.2) is 25.0 Å². The molecule has 0 aromatic carbocycles. The van der Waals surface area contributed by atoms with Crippen LogP contribution in [0.1, 0.15) is 129 Å². The Morgan fingerprint density at radius 2 is 0.625 bits per heavy atom. The van der Waals surface area contributed by atoms with Crippen LogP contribution < -0.4 is 0 Å². The van der Waals surface area contributed by atoms with Gasteiger partial charge in [0.25, 0.3) is 0 Å². The van der Waals surface area contributed by atoms with Crippen molar-refractivity contribution in [2.24, 2.45) is 0 Å². The fourth-order valence-corrected chi connectivity index (χ4v) is 3.50. The van der Waals surface area contributed by atoms with Gasteiger partial charge in [-0.05, 0) is 33.0 Å². The molecule has 0 heterocycles. The van der Waals surface area contributed by atoms with Crippen molar-refractivity contribution in [2.45, 2.75) is 129 Å². The predicted molar refractivity (Wildman–Crippen MR) is 112 cm³/mol. The first kappa shape index (κ1) is 24.0. The standard InChI is InChI=1S/C23H49N/c1-4-6-8-10-12-13-14-15-16-17-19-21-23-24(3)22-20-18-11-9-7-5-2/h4-23H2,1-3H3. The Bertz CT molecular complexity index is 214. The molecule has 0 N–H and O–H groups in total. The van der Waals surface area contributed by atoms with Crippen molar-refractivity contribution >= 4 is 0 Å². The third kappa shape index (κ3) is 20.0. The van der Waals surface area contributed by atoms with Crippen molar-refractivity contribution in [2.75, 3.05) is 20.1 Å². The van der Waals surface area contributed by atoms with Gasteiger partial charge in [0.2, 0.25) is 0 Å². The Morgan fingerprint density at radius 3 is 0.917 bits per heavy atom. The summed E-state index contributed by atoms with van der Waals surface area (Å²) in [6.07, 6.45) is 25.9. The number of rotatable bonds is 20. The molecule has 0 fully saturated rings. The summed E-state index contributed by atoms with van der Waals surface area (Å²) in [5, 5.41) is 0. The molecular formula is C23H49N. The largest absolute Gasteiger partial charge is 0.306 e. The Morgan fingerprint density at radius 1 is 0.375 bits per heavy atom. The first-order valence-corrected chi connectivity index (χ1v) is 11.5. The maximum Gasteiger partial charge on any atom is -0.00218 e. The van der Waals surface area contributed by atoms with E-state index < -0.39 is 0 Å². The Kier molecular flexibility index (Phi) is 21.0. The van der Waals surface area contributed by atoms with E-state index in [1.54, 1.807) is 0 Å². The van der Waals surface area contributed by atoms with E-state index in [0.29, 0.717) is 0 Å². The lowest BCUT2D eigenvalue weighted by molar-refractivity contribution is 0.314. The molecule has 0 aliphatic rings. The van der Waals surface area contributed by atoms with Gasteiger partial charge < -0.3 is 4.90 Å². The maximum absolute atomic E-state index is 2.55. The van der Waals surface area contributed by atoms with Crippen molar-refractivity contribution in [3.63, 3.8) is 0 Å². The van der Waals surface area contributed by atoms with Crippen molar-refractivity contribution in [1.82, 2.24) is 4.90 Å². The molecule has 1 heteroatoms. The summed E-state index contributed by atoms with van der Waals surface area (Å²) in [5.74, 6) is 0. The predicted octanol–water partition coefficient (Wildman–Crippen LogP) is 7.98. The molecule has 0 saturated heterocycles. The molecule has 0 bridgehead atoms. The van der Waals surface area contributed by atoms with Crippen molar-refractivity contribution in [3.8, 4) is 0 Å². The summed E-state index contributed by atoms with van der Waals surface area (Å²) in [5.41, 5.74) is 0. The fraction of sp³-hybridized carbons (Fsp3) is 1.00. The molecule has 0 saturated carbocycles. The third-order valence-corrected chi connectivity index (χ3v) is 5.29. The normalized spacial score (nSPS) is 11.5. The minimum atomic E-state index is 1.31. The smallest absolute Gasteiger partial charge is 0.00218 e. The molecule has 0 unspecified atom stereocenters. The highest BCUT2D eigenvalue weighted by atomic mass is 15.1. The van der Waals surface area contributed by atoms with Gasteiger partial charge >= 0.3 is 0 Å². The molecule has 0 aromatic rings. The van der Waals surface area contributed by atoms with Crippen LogP contribution in [0.25, 0.3) is 0 Å². The lowest BCUT2D eigenvalue weighted by Gasteiger charge is -2.16. The highest BCUT2D eigenvalue weighted by Gasteiger charge is 1.99. The van der Waals surface area contributed by atoms with E-state index in [9.17, 15) is 0 Å². The van der Waals surface area contributed by atoms with Crippen LogP contribution in [0, 0.1) is 0 Å². The minimum Gasteiger partial charge on any atom is -0.306 e. The number of nitrogens with zero attached hydrogens (tertiary/aromatic N) is 1. The molecule has 0 spiro atoms. The molecule has 0 aliphatic carbocycles. The highest BCUT2D eigenvalue weighted by Crippen LogP contribution is 2.12. The maximum atomic E-state index is 2.55. The molecule has 0 radical (unpaired) electrons. The van der Waals surface area contributed by atoms with E-state index in [1.165, 1.54) is 129 Å². The molecule has 0 aliphatic heterocycles. The van der Waals surface area contributed by atoms with Crippen LogP contribution in [-0.2, 0) is 0 Å². The zero-order valence-electron chi connectivity index (χ0n) is 17.6. The Labute approximate surface area is 155 Å². The van der Waals surface area contributed by atoms with Crippen molar-refractivity contribution < 1.29 is 0 Å². The summed E-state index contributed by atoms with van der Waals surface area (Å²) >= 11 is 0. The van der Waals surface area contributed by atoms with E-state index in [2.05, 4.69) is 25.8 Å². The Hall–Kier alpha value is -0.0400. The molecule has 1 nitrogen and oxygen atoms in total. The summed E-state index contributed by atoms with van der Waals surface area (Å²) < 4.78 is 0. The van der Waals surface area contributed by atoms with Gasteiger partial charge in [0.15, 0.2) is 0 Å². The van der Waals surface area contributed by atoms with Gasteiger partial charge in [-0.15, -0.1) is 0 Å². The van der Waals surface area contributed by atoms with Crippen LogP contribution in [0.2, 0.25) is 0 Å². The van der Waals surface area contributed by atoms with Crippen LogP contribution in [0.3, 0.4) is 0 Å². The first-order valence-electron chi connectivity index (χ1n) is 11.5. The van der Waals surface area contributed by atoms with E-state index in [1.807, 2.05) is 0 Å².